The van der Waals surface area contributed by atoms with Crippen LogP contribution in [-0.2, 0) is 14.3 Å². The van der Waals surface area contributed by atoms with E-state index in [2.05, 4.69) is 0 Å². The molecular weight excluding hydrogens is 330 g/mol. The normalized spacial score (nSPS) is 31.7. The van der Waals surface area contributed by atoms with Gasteiger partial charge in [-0.1, -0.05) is 0 Å². The zero-order chi connectivity index (χ0) is 18.0. The van der Waals surface area contributed by atoms with Crippen LogP contribution in [0, 0.1) is 5.41 Å². The van der Waals surface area contributed by atoms with Crippen molar-refractivity contribution >= 4 is 5.97 Å². The monoisotopic (exact) mass is 346 g/mol. The highest BCUT2D eigenvalue weighted by Crippen LogP contribution is 2.57. The lowest BCUT2D eigenvalue weighted by molar-refractivity contribution is -0.163. The number of carbonyl (C=O) groups is 1. The van der Waals surface area contributed by atoms with Crippen LogP contribution in [0.4, 0.5) is 26.3 Å². The lowest BCUT2D eigenvalue weighted by atomic mass is 9.81. The van der Waals surface area contributed by atoms with Crippen LogP contribution in [0.15, 0.2) is 11.1 Å². The van der Waals surface area contributed by atoms with E-state index >= 15 is 0 Å². The predicted octanol–water partition coefficient (Wildman–Crippen LogP) is 3.93. The van der Waals surface area contributed by atoms with Gasteiger partial charge in [-0.3, -0.25) is 4.79 Å². The van der Waals surface area contributed by atoms with Crippen LogP contribution >= 0.6 is 0 Å². The van der Waals surface area contributed by atoms with E-state index in [9.17, 15) is 31.1 Å². The molecule has 2 heterocycles. The summed E-state index contributed by atoms with van der Waals surface area (Å²) in [5.74, 6) is -0.794. The quantitative estimate of drug-likeness (QED) is 0.410. The molecule has 0 N–H and O–H groups in total. The molecule has 2 aliphatic heterocycles. The lowest BCUT2D eigenvalue weighted by Crippen LogP contribution is -2.42. The van der Waals surface area contributed by atoms with E-state index in [0.717, 1.165) is 6.92 Å². The van der Waals surface area contributed by atoms with Gasteiger partial charge in [-0.25, -0.2) is 0 Å². The second kappa shape index (κ2) is 4.87. The fourth-order valence-corrected chi connectivity index (χ4v) is 2.90. The molecule has 0 aromatic carbocycles. The molecule has 132 valence electrons. The first-order chi connectivity index (χ1) is 10.1. The first kappa shape index (κ1) is 18.1. The molecule has 0 aliphatic carbocycles. The molecule has 9 heteroatoms. The summed E-state index contributed by atoms with van der Waals surface area (Å²) in [6.45, 7) is 5.42. The molecule has 1 saturated heterocycles. The fraction of sp³-hybridized carbons (Fsp3) is 0.786. The van der Waals surface area contributed by atoms with E-state index in [1.54, 1.807) is 0 Å². The summed E-state index contributed by atoms with van der Waals surface area (Å²) in [5, 5.41) is 0. The van der Waals surface area contributed by atoms with Gasteiger partial charge in [0.25, 0.3) is 0 Å². The summed E-state index contributed by atoms with van der Waals surface area (Å²) in [4.78, 5) is 11.8. The van der Waals surface area contributed by atoms with Gasteiger partial charge < -0.3 is 9.47 Å². The second-order valence-electron chi connectivity index (χ2n) is 6.95. The number of fused-ring (bicyclic) bond motifs is 2. The molecule has 1 fully saturated rings. The molecule has 2 bridgehead atoms. The van der Waals surface area contributed by atoms with E-state index in [1.165, 1.54) is 20.8 Å². The maximum atomic E-state index is 13.1. The Morgan fingerprint density at radius 2 is 1.65 bits per heavy atom. The van der Waals surface area contributed by atoms with Crippen LogP contribution in [0.5, 0.6) is 0 Å². The number of halogens is 6. The molecule has 23 heavy (non-hydrogen) atoms. The Kier molecular flexibility index (Phi) is 3.83. The van der Waals surface area contributed by atoms with Crippen LogP contribution in [0.2, 0.25) is 0 Å². The molecule has 3 unspecified atom stereocenters. The number of carbonyl (C=O) groups excluding carboxylic acids is 1. The van der Waals surface area contributed by atoms with Crippen LogP contribution in [0.3, 0.4) is 0 Å². The van der Waals surface area contributed by atoms with Crippen molar-refractivity contribution in [2.45, 2.75) is 64.3 Å². The lowest BCUT2D eigenvalue weighted by Gasteiger charge is -2.31. The summed E-state index contributed by atoms with van der Waals surface area (Å²) >= 11 is 0. The number of esters is 1. The molecule has 0 amide bonds. The standard InChI is InChI=1S/C14H16F6O3/c1-11(2,3)10(21)22-6-5-12(4)9(14(18,19)20)7(8(6)23-12)13(15,16)17/h6,8H,5H2,1-4H3. The molecule has 0 spiro atoms. The number of hydrogen-bond acceptors (Lipinski definition) is 3. The Morgan fingerprint density at radius 3 is 2.04 bits per heavy atom. The van der Waals surface area contributed by atoms with Gasteiger partial charge in [0.15, 0.2) is 0 Å². The summed E-state index contributed by atoms with van der Waals surface area (Å²) in [5.41, 5.74) is -6.69. The molecule has 3 nitrogen and oxygen atoms in total. The van der Waals surface area contributed by atoms with Gasteiger partial charge in [-0.05, 0) is 27.7 Å². The Bertz CT molecular complexity index is 554. The van der Waals surface area contributed by atoms with Crippen molar-refractivity contribution in [2.24, 2.45) is 5.41 Å². The van der Waals surface area contributed by atoms with Crippen molar-refractivity contribution in [1.82, 2.24) is 0 Å². The number of ether oxygens (including phenoxy) is 2. The van der Waals surface area contributed by atoms with Gasteiger partial charge in [-0.15, -0.1) is 0 Å². The van der Waals surface area contributed by atoms with E-state index in [-0.39, 0.29) is 0 Å². The third-order valence-electron chi connectivity index (χ3n) is 3.86. The van der Waals surface area contributed by atoms with Crippen LogP contribution in [0.25, 0.3) is 0 Å². The minimum Gasteiger partial charge on any atom is -0.459 e. The SMILES string of the molecule is CC(C)(C)C(=O)OC1CC2(C)OC1C(C(F)(F)F)=C2C(F)(F)F. The minimum atomic E-state index is -5.22. The highest BCUT2D eigenvalue weighted by Gasteiger charge is 2.68. The molecule has 3 atom stereocenters. The van der Waals surface area contributed by atoms with E-state index in [1.807, 2.05) is 0 Å². The number of hydrogen-bond donors (Lipinski definition) is 0. The zero-order valence-corrected chi connectivity index (χ0v) is 12.9. The van der Waals surface area contributed by atoms with Crippen molar-refractivity contribution in [3.63, 3.8) is 0 Å². The molecular formula is C14H16F6O3. The molecule has 0 aromatic rings. The van der Waals surface area contributed by atoms with Gasteiger partial charge in [0.1, 0.15) is 17.8 Å². The average Bonchev–Trinajstić information content (AvgIpc) is 2.75. The molecule has 2 rings (SSSR count). The fourth-order valence-electron chi connectivity index (χ4n) is 2.90. The summed E-state index contributed by atoms with van der Waals surface area (Å²) < 4.78 is 88.6. The van der Waals surface area contributed by atoms with Gasteiger partial charge >= 0.3 is 18.3 Å². The van der Waals surface area contributed by atoms with Crippen LogP contribution < -0.4 is 0 Å². The van der Waals surface area contributed by atoms with Crippen LogP contribution in [-0.4, -0.2) is 36.1 Å². The molecule has 0 radical (unpaired) electrons. The minimum absolute atomic E-state index is 0.464. The largest absolute Gasteiger partial charge is 0.459 e. The Morgan fingerprint density at radius 1 is 1.13 bits per heavy atom. The van der Waals surface area contributed by atoms with Crippen molar-refractivity contribution in [3.8, 4) is 0 Å². The highest BCUT2D eigenvalue weighted by molar-refractivity contribution is 5.75. The Balaban J connectivity index is 2.42. The topological polar surface area (TPSA) is 35.5 Å². The van der Waals surface area contributed by atoms with Gasteiger partial charge in [0.2, 0.25) is 0 Å². The summed E-state index contributed by atoms with van der Waals surface area (Å²) in [6.07, 6.45) is -14.2. The third kappa shape index (κ3) is 3.07. The Labute approximate surface area is 128 Å². The van der Waals surface area contributed by atoms with Crippen molar-refractivity contribution in [2.75, 3.05) is 0 Å². The first-order valence-electron chi connectivity index (χ1n) is 6.85. The third-order valence-corrected chi connectivity index (χ3v) is 3.86. The van der Waals surface area contributed by atoms with Crippen molar-refractivity contribution in [3.05, 3.63) is 11.1 Å². The maximum absolute atomic E-state index is 13.1. The van der Waals surface area contributed by atoms with Crippen molar-refractivity contribution in [1.29, 1.82) is 0 Å². The van der Waals surface area contributed by atoms with E-state index < -0.39 is 59.1 Å². The highest BCUT2D eigenvalue weighted by atomic mass is 19.4. The van der Waals surface area contributed by atoms with Gasteiger partial charge in [0.05, 0.1) is 16.6 Å². The number of alkyl halides is 6. The first-order valence-corrected chi connectivity index (χ1v) is 6.85. The van der Waals surface area contributed by atoms with Gasteiger partial charge in [-0.2, -0.15) is 26.3 Å². The molecule has 0 aromatic heterocycles. The maximum Gasteiger partial charge on any atom is 0.415 e. The molecule has 0 saturated carbocycles. The Hall–Kier alpha value is -1.25. The summed E-state index contributed by atoms with van der Waals surface area (Å²) in [6, 6.07) is 0. The zero-order valence-electron chi connectivity index (χ0n) is 12.9. The average molecular weight is 346 g/mol. The predicted molar refractivity (Wildman–Crippen MR) is 66.4 cm³/mol. The van der Waals surface area contributed by atoms with Crippen LogP contribution in [0.1, 0.15) is 34.1 Å². The second-order valence-corrected chi connectivity index (χ2v) is 6.95. The smallest absolute Gasteiger partial charge is 0.415 e. The molecule has 2 aliphatic rings. The van der Waals surface area contributed by atoms with E-state index in [0.29, 0.717) is 0 Å². The van der Waals surface area contributed by atoms with Crippen molar-refractivity contribution < 1.29 is 40.6 Å². The van der Waals surface area contributed by atoms with E-state index in [4.69, 9.17) is 9.47 Å². The van der Waals surface area contributed by atoms with Gasteiger partial charge in [0, 0.05) is 6.42 Å². The summed E-state index contributed by atoms with van der Waals surface area (Å²) in [7, 11) is 0. The number of rotatable bonds is 1.